The van der Waals surface area contributed by atoms with Crippen LogP contribution in [0.15, 0.2) is 24.3 Å². The SMILES string of the molecule is Cc1cc(CCl)nn1-c1ccc(Cl)c(Cl)c1. The first-order valence-corrected chi connectivity index (χ1v) is 5.98. The Morgan fingerprint density at radius 1 is 1.19 bits per heavy atom. The molecule has 0 fully saturated rings. The molecule has 16 heavy (non-hydrogen) atoms. The zero-order valence-electron chi connectivity index (χ0n) is 8.54. The summed E-state index contributed by atoms with van der Waals surface area (Å²) in [6.45, 7) is 1.96. The highest BCUT2D eigenvalue weighted by Crippen LogP contribution is 2.25. The van der Waals surface area contributed by atoms with Gasteiger partial charge >= 0.3 is 0 Å². The Hall–Kier alpha value is -0.700. The molecule has 0 atom stereocenters. The van der Waals surface area contributed by atoms with Gasteiger partial charge < -0.3 is 0 Å². The molecule has 1 heterocycles. The van der Waals surface area contributed by atoms with Crippen molar-refractivity contribution < 1.29 is 0 Å². The highest BCUT2D eigenvalue weighted by molar-refractivity contribution is 6.42. The first-order valence-electron chi connectivity index (χ1n) is 4.68. The van der Waals surface area contributed by atoms with Crippen LogP contribution in [0.4, 0.5) is 0 Å². The van der Waals surface area contributed by atoms with Gasteiger partial charge in [0, 0.05) is 5.69 Å². The molecular weight excluding hydrogens is 266 g/mol. The van der Waals surface area contributed by atoms with Gasteiger partial charge in [0.05, 0.1) is 27.3 Å². The Kier molecular flexibility index (Phi) is 3.43. The van der Waals surface area contributed by atoms with Gasteiger partial charge in [-0.05, 0) is 31.2 Å². The van der Waals surface area contributed by atoms with Gasteiger partial charge in [0.2, 0.25) is 0 Å². The molecule has 0 unspecified atom stereocenters. The third-order valence-corrected chi connectivity index (χ3v) is 3.24. The lowest BCUT2D eigenvalue weighted by atomic mass is 10.3. The maximum atomic E-state index is 5.96. The number of aryl methyl sites for hydroxylation is 1. The van der Waals surface area contributed by atoms with Crippen molar-refractivity contribution in [2.75, 3.05) is 0 Å². The molecule has 84 valence electrons. The van der Waals surface area contributed by atoms with E-state index in [0.717, 1.165) is 17.1 Å². The second-order valence-corrected chi connectivity index (χ2v) is 4.50. The minimum Gasteiger partial charge on any atom is -0.238 e. The van der Waals surface area contributed by atoms with Gasteiger partial charge in [-0.25, -0.2) is 4.68 Å². The summed E-state index contributed by atoms with van der Waals surface area (Å²) in [5, 5.41) is 5.40. The van der Waals surface area contributed by atoms with Crippen LogP contribution in [-0.2, 0) is 5.88 Å². The Bertz CT molecular complexity index is 520. The van der Waals surface area contributed by atoms with E-state index in [9.17, 15) is 0 Å². The van der Waals surface area contributed by atoms with Crippen LogP contribution in [0.3, 0.4) is 0 Å². The summed E-state index contributed by atoms with van der Waals surface area (Å²) in [6.07, 6.45) is 0. The number of benzene rings is 1. The first-order chi connectivity index (χ1) is 7.61. The van der Waals surface area contributed by atoms with E-state index in [2.05, 4.69) is 5.10 Å². The van der Waals surface area contributed by atoms with Crippen molar-refractivity contribution in [2.45, 2.75) is 12.8 Å². The fraction of sp³-hybridized carbons (Fsp3) is 0.182. The van der Waals surface area contributed by atoms with E-state index < -0.39 is 0 Å². The molecule has 0 saturated heterocycles. The number of rotatable bonds is 2. The van der Waals surface area contributed by atoms with Crippen molar-refractivity contribution >= 4 is 34.8 Å². The minimum absolute atomic E-state index is 0.398. The second kappa shape index (κ2) is 4.66. The standard InChI is InChI=1S/C11H9Cl3N2/c1-7-4-8(6-12)15-16(7)9-2-3-10(13)11(14)5-9/h2-5H,6H2,1H3. The number of hydrogen-bond acceptors (Lipinski definition) is 1. The van der Waals surface area contributed by atoms with Crippen molar-refractivity contribution in [3.8, 4) is 5.69 Å². The van der Waals surface area contributed by atoms with Gasteiger partial charge in [0.25, 0.3) is 0 Å². The van der Waals surface area contributed by atoms with Crippen molar-refractivity contribution in [3.63, 3.8) is 0 Å². The van der Waals surface area contributed by atoms with Crippen LogP contribution in [-0.4, -0.2) is 9.78 Å². The Morgan fingerprint density at radius 3 is 2.50 bits per heavy atom. The third kappa shape index (κ3) is 2.19. The largest absolute Gasteiger partial charge is 0.238 e. The number of aromatic nitrogens is 2. The van der Waals surface area contributed by atoms with E-state index in [1.165, 1.54) is 0 Å². The molecule has 1 aromatic carbocycles. The molecular formula is C11H9Cl3N2. The van der Waals surface area contributed by atoms with Crippen LogP contribution in [0.5, 0.6) is 0 Å². The van der Waals surface area contributed by atoms with E-state index in [1.807, 2.05) is 19.1 Å². The summed E-state index contributed by atoms with van der Waals surface area (Å²) in [4.78, 5) is 0. The summed E-state index contributed by atoms with van der Waals surface area (Å²) < 4.78 is 1.79. The van der Waals surface area contributed by atoms with Crippen LogP contribution in [0, 0.1) is 6.92 Å². The lowest BCUT2D eigenvalue weighted by Gasteiger charge is -2.05. The zero-order chi connectivity index (χ0) is 11.7. The van der Waals surface area contributed by atoms with E-state index in [0.29, 0.717) is 15.9 Å². The number of halogens is 3. The summed E-state index contributed by atoms with van der Waals surface area (Å²) in [6, 6.07) is 7.34. The summed E-state index contributed by atoms with van der Waals surface area (Å²) in [5.41, 5.74) is 2.72. The molecule has 0 bridgehead atoms. The highest BCUT2D eigenvalue weighted by atomic mass is 35.5. The molecule has 0 aliphatic rings. The molecule has 0 aliphatic carbocycles. The van der Waals surface area contributed by atoms with Gasteiger partial charge in [0.15, 0.2) is 0 Å². The van der Waals surface area contributed by atoms with Crippen LogP contribution < -0.4 is 0 Å². The van der Waals surface area contributed by atoms with Gasteiger partial charge in [-0.15, -0.1) is 11.6 Å². The summed E-state index contributed by atoms with van der Waals surface area (Å²) >= 11 is 17.5. The molecule has 2 aromatic rings. The molecule has 0 aliphatic heterocycles. The average molecular weight is 276 g/mol. The monoisotopic (exact) mass is 274 g/mol. The predicted octanol–water partition coefficient (Wildman–Crippen LogP) is 4.23. The van der Waals surface area contributed by atoms with Crippen molar-refractivity contribution in [1.29, 1.82) is 0 Å². The smallest absolute Gasteiger partial charge is 0.0779 e. The van der Waals surface area contributed by atoms with Gasteiger partial charge in [-0.1, -0.05) is 23.2 Å². The van der Waals surface area contributed by atoms with Crippen LogP contribution >= 0.6 is 34.8 Å². The Balaban J connectivity index is 2.49. The molecule has 5 heteroatoms. The fourth-order valence-electron chi connectivity index (χ4n) is 1.48. The van der Waals surface area contributed by atoms with Crippen molar-refractivity contribution in [1.82, 2.24) is 9.78 Å². The van der Waals surface area contributed by atoms with E-state index in [4.69, 9.17) is 34.8 Å². The third-order valence-electron chi connectivity index (χ3n) is 2.22. The number of alkyl halides is 1. The van der Waals surface area contributed by atoms with Gasteiger partial charge in [0.1, 0.15) is 0 Å². The van der Waals surface area contributed by atoms with E-state index in [1.54, 1.807) is 16.8 Å². The zero-order valence-corrected chi connectivity index (χ0v) is 10.8. The quantitative estimate of drug-likeness (QED) is 0.750. The second-order valence-electron chi connectivity index (χ2n) is 3.42. The average Bonchev–Trinajstić information content (AvgIpc) is 2.64. The molecule has 1 aromatic heterocycles. The van der Waals surface area contributed by atoms with E-state index >= 15 is 0 Å². The number of nitrogens with zero attached hydrogens (tertiary/aromatic N) is 2. The van der Waals surface area contributed by atoms with Crippen LogP contribution in [0.1, 0.15) is 11.4 Å². The predicted molar refractivity (Wildman–Crippen MR) is 67.9 cm³/mol. The molecule has 0 spiro atoms. The lowest BCUT2D eigenvalue weighted by molar-refractivity contribution is 0.831. The van der Waals surface area contributed by atoms with Gasteiger partial charge in [-0.3, -0.25) is 0 Å². The highest BCUT2D eigenvalue weighted by Gasteiger charge is 2.07. The topological polar surface area (TPSA) is 17.8 Å². The minimum atomic E-state index is 0.398. The fourth-order valence-corrected chi connectivity index (χ4v) is 1.90. The molecule has 2 nitrogen and oxygen atoms in total. The van der Waals surface area contributed by atoms with Crippen molar-refractivity contribution in [3.05, 3.63) is 45.7 Å². The molecule has 2 rings (SSSR count). The van der Waals surface area contributed by atoms with Crippen LogP contribution in [0.2, 0.25) is 10.0 Å². The van der Waals surface area contributed by atoms with E-state index in [-0.39, 0.29) is 0 Å². The van der Waals surface area contributed by atoms with Crippen LogP contribution in [0.25, 0.3) is 5.69 Å². The molecule has 0 amide bonds. The maximum absolute atomic E-state index is 5.96. The lowest BCUT2D eigenvalue weighted by Crippen LogP contribution is -1.99. The Morgan fingerprint density at radius 2 is 1.94 bits per heavy atom. The summed E-state index contributed by atoms with van der Waals surface area (Å²) in [5.74, 6) is 0.398. The summed E-state index contributed by atoms with van der Waals surface area (Å²) in [7, 11) is 0. The maximum Gasteiger partial charge on any atom is 0.0779 e. The molecule has 0 saturated carbocycles. The molecule has 0 N–H and O–H groups in total. The van der Waals surface area contributed by atoms with Gasteiger partial charge in [-0.2, -0.15) is 5.10 Å². The Labute approximate surface area is 109 Å². The molecule has 0 radical (unpaired) electrons. The number of hydrogen-bond donors (Lipinski definition) is 0. The first kappa shape index (κ1) is 11.8. The normalized spacial score (nSPS) is 10.8. The van der Waals surface area contributed by atoms with Crippen molar-refractivity contribution in [2.24, 2.45) is 0 Å².